The van der Waals surface area contributed by atoms with Crippen molar-refractivity contribution in [3.8, 4) is 11.5 Å². The average Bonchev–Trinajstić information content (AvgIpc) is 3.69. The molecule has 40 heavy (non-hydrogen) atoms. The largest absolute Gasteiger partial charge is 0.497 e. The van der Waals surface area contributed by atoms with Crippen molar-refractivity contribution in [2.45, 2.75) is 48.7 Å². The van der Waals surface area contributed by atoms with E-state index in [-0.39, 0.29) is 34.9 Å². The lowest BCUT2D eigenvalue weighted by molar-refractivity contribution is 0.113. The third-order valence-corrected chi connectivity index (χ3v) is 10.9. The summed E-state index contributed by atoms with van der Waals surface area (Å²) < 4.78 is 55.1. The van der Waals surface area contributed by atoms with Crippen LogP contribution in [0.25, 0.3) is 0 Å². The van der Waals surface area contributed by atoms with Crippen LogP contribution in [0, 0.1) is 5.82 Å². The highest BCUT2D eigenvalue weighted by Gasteiger charge is 2.48. The van der Waals surface area contributed by atoms with Gasteiger partial charge in [-0.05, 0) is 56.5 Å². The number of anilines is 2. The molecule has 3 heterocycles. The number of thiazole rings is 1. The Morgan fingerprint density at radius 1 is 1.27 bits per heavy atom. The van der Waals surface area contributed by atoms with Gasteiger partial charge >= 0.3 is 0 Å². The Balaban J connectivity index is 1.43. The van der Waals surface area contributed by atoms with Crippen LogP contribution in [-0.2, 0) is 16.6 Å². The van der Waals surface area contributed by atoms with Crippen LogP contribution >= 0.6 is 22.9 Å². The minimum absolute atomic E-state index is 0.0961. The van der Waals surface area contributed by atoms with Gasteiger partial charge in [-0.1, -0.05) is 11.6 Å². The molecule has 0 spiro atoms. The van der Waals surface area contributed by atoms with Gasteiger partial charge < -0.3 is 19.9 Å². The fourth-order valence-electron chi connectivity index (χ4n) is 5.83. The van der Waals surface area contributed by atoms with Gasteiger partial charge in [0.25, 0.3) is 10.0 Å². The van der Waals surface area contributed by atoms with Gasteiger partial charge in [0.1, 0.15) is 22.2 Å². The minimum Gasteiger partial charge on any atom is -0.497 e. The van der Waals surface area contributed by atoms with Gasteiger partial charge in [0.2, 0.25) is 0 Å². The molecule has 2 fully saturated rings. The van der Waals surface area contributed by atoms with Crippen molar-refractivity contribution in [2.24, 2.45) is 0 Å². The fourth-order valence-corrected chi connectivity index (χ4v) is 8.47. The molecule has 1 aromatic heterocycles. The fraction of sp³-hybridized carbons (Fsp3) is 0.444. The first-order chi connectivity index (χ1) is 19.2. The Morgan fingerprint density at radius 2 is 2.10 bits per heavy atom. The molecule has 0 bridgehead atoms. The van der Waals surface area contributed by atoms with Crippen LogP contribution in [0.15, 0.2) is 46.8 Å². The second-order valence-corrected chi connectivity index (χ2v) is 13.1. The number of hydrogen-bond acceptors (Lipinski definition) is 9. The lowest BCUT2D eigenvalue weighted by Gasteiger charge is -2.35. The van der Waals surface area contributed by atoms with E-state index in [1.54, 1.807) is 23.6 Å². The summed E-state index contributed by atoms with van der Waals surface area (Å²) in [6, 6.07) is 7.46. The van der Waals surface area contributed by atoms with Crippen LogP contribution in [0.5, 0.6) is 11.5 Å². The molecule has 0 amide bonds. The second-order valence-electron chi connectivity index (χ2n) is 10.0. The lowest BCUT2D eigenvalue weighted by atomic mass is 9.94. The predicted octanol–water partition coefficient (Wildman–Crippen LogP) is 4.75. The van der Waals surface area contributed by atoms with E-state index in [2.05, 4.69) is 15.2 Å². The highest BCUT2D eigenvalue weighted by molar-refractivity contribution is 7.93. The maximum Gasteiger partial charge on any atom is 0.269 e. The summed E-state index contributed by atoms with van der Waals surface area (Å²) in [6.07, 6.45) is 5.32. The van der Waals surface area contributed by atoms with Crippen molar-refractivity contribution >= 4 is 43.8 Å². The molecule has 2 aliphatic rings. The SMILES string of the molecule is COc1ccc(CN(c2nccs2)S(=O)(=O)c2cc(Cl)c(NC[C@]34CCCN3[C@@H](CO)CC4)cc2F)c(OC)c1. The van der Waals surface area contributed by atoms with Crippen LogP contribution in [0.1, 0.15) is 31.2 Å². The Hall–Kier alpha value is -2.64. The smallest absolute Gasteiger partial charge is 0.269 e. The maximum atomic E-state index is 15.6. The summed E-state index contributed by atoms with van der Waals surface area (Å²) in [6.45, 7) is 1.40. The van der Waals surface area contributed by atoms with Gasteiger partial charge in [-0.15, -0.1) is 11.3 Å². The molecule has 216 valence electrons. The molecule has 13 heteroatoms. The molecule has 2 atom stereocenters. The van der Waals surface area contributed by atoms with Gasteiger partial charge in [0, 0.05) is 41.3 Å². The molecule has 0 aliphatic carbocycles. The van der Waals surface area contributed by atoms with Crippen LogP contribution in [0.3, 0.4) is 0 Å². The van der Waals surface area contributed by atoms with Crippen LogP contribution < -0.4 is 19.1 Å². The highest BCUT2D eigenvalue weighted by Crippen LogP contribution is 2.43. The topological polar surface area (TPSA) is 104 Å². The summed E-state index contributed by atoms with van der Waals surface area (Å²) in [5, 5.41) is 14.9. The van der Waals surface area contributed by atoms with E-state index in [9.17, 15) is 13.5 Å². The van der Waals surface area contributed by atoms with Crippen LogP contribution in [0.4, 0.5) is 15.2 Å². The molecule has 0 saturated carbocycles. The zero-order chi connectivity index (χ0) is 28.5. The van der Waals surface area contributed by atoms with Gasteiger partial charge in [-0.25, -0.2) is 22.1 Å². The van der Waals surface area contributed by atoms with Crippen molar-refractivity contribution in [1.82, 2.24) is 9.88 Å². The van der Waals surface area contributed by atoms with E-state index < -0.39 is 20.7 Å². The number of nitrogens with one attached hydrogen (secondary N) is 1. The highest BCUT2D eigenvalue weighted by atomic mass is 35.5. The summed E-state index contributed by atoms with van der Waals surface area (Å²) in [5.41, 5.74) is 0.742. The van der Waals surface area contributed by atoms with Gasteiger partial charge in [0.05, 0.1) is 38.1 Å². The summed E-state index contributed by atoms with van der Waals surface area (Å²) >= 11 is 7.67. The maximum absolute atomic E-state index is 15.6. The first kappa shape index (κ1) is 28.9. The number of rotatable bonds is 11. The van der Waals surface area contributed by atoms with Crippen LogP contribution in [-0.4, -0.2) is 68.9 Å². The number of nitrogens with zero attached hydrogens (tertiary/aromatic N) is 3. The monoisotopic (exact) mass is 610 g/mol. The van der Waals surface area contributed by atoms with Crippen molar-refractivity contribution in [3.05, 3.63) is 58.3 Å². The Labute approximate surface area is 242 Å². The zero-order valence-electron chi connectivity index (χ0n) is 22.3. The van der Waals surface area contributed by atoms with Crippen molar-refractivity contribution in [2.75, 3.05) is 43.5 Å². The minimum atomic E-state index is -4.42. The average molecular weight is 611 g/mol. The number of ether oxygens (including phenoxy) is 2. The first-order valence-electron chi connectivity index (χ1n) is 13.0. The molecular weight excluding hydrogens is 579 g/mol. The molecule has 3 aromatic rings. The summed E-state index contributed by atoms with van der Waals surface area (Å²) in [5.74, 6) is 0.0512. The number of fused-ring (bicyclic) bond motifs is 1. The van der Waals surface area contributed by atoms with Crippen molar-refractivity contribution < 1.29 is 27.4 Å². The summed E-state index contributed by atoms with van der Waals surface area (Å²) in [4.78, 5) is 5.98. The van der Waals surface area contributed by atoms with Gasteiger partial charge in [0.15, 0.2) is 5.13 Å². The number of benzene rings is 2. The number of sulfonamides is 1. The van der Waals surface area contributed by atoms with E-state index in [0.29, 0.717) is 29.3 Å². The van der Waals surface area contributed by atoms with Gasteiger partial charge in [-0.2, -0.15) is 0 Å². The second kappa shape index (κ2) is 11.7. The van der Waals surface area contributed by atoms with E-state index in [0.717, 1.165) is 60.0 Å². The Bertz CT molecular complexity index is 1460. The molecular formula is C27H32ClFN4O5S2. The van der Waals surface area contributed by atoms with Crippen LogP contribution in [0.2, 0.25) is 5.02 Å². The van der Waals surface area contributed by atoms with E-state index in [1.807, 2.05) is 0 Å². The standard InChI is InChI=1S/C27H32ClFN4O5S2/c1-37-20-5-4-18(24(12-20)38-2)15-33(26-30-9-11-39-26)40(35,36)25-13-21(28)23(14-22(25)29)31-17-27-7-3-10-32(27)19(16-34)6-8-27/h4-5,9,11-14,19,31,34H,3,6-8,10,15-17H2,1-2H3/t19-,27-/m1/s1. The molecule has 0 unspecified atom stereocenters. The zero-order valence-corrected chi connectivity index (χ0v) is 24.7. The lowest BCUT2D eigenvalue weighted by Crippen LogP contribution is -2.48. The molecule has 2 saturated heterocycles. The number of hydrogen-bond donors (Lipinski definition) is 2. The summed E-state index contributed by atoms with van der Waals surface area (Å²) in [7, 11) is -1.42. The molecule has 2 N–H and O–H groups in total. The Morgan fingerprint density at radius 3 is 2.80 bits per heavy atom. The van der Waals surface area contributed by atoms with Crippen molar-refractivity contribution in [3.63, 3.8) is 0 Å². The van der Waals surface area contributed by atoms with E-state index in [1.165, 1.54) is 20.4 Å². The number of methoxy groups -OCH3 is 2. The molecule has 0 radical (unpaired) electrons. The van der Waals surface area contributed by atoms with E-state index >= 15 is 4.39 Å². The first-order valence-corrected chi connectivity index (χ1v) is 15.7. The van der Waals surface area contributed by atoms with Gasteiger partial charge in [-0.3, -0.25) is 4.90 Å². The molecule has 2 aromatic carbocycles. The third-order valence-electron chi connectivity index (χ3n) is 7.88. The Kier molecular flexibility index (Phi) is 8.44. The quantitative estimate of drug-likeness (QED) is 0.321. The van der Waals surface area contributed by atoms with Crippen molar-refractivity contribution in [1.29, 1.82) is 0 Å². The molecule has 5 rings (SSSR count). The number of aromatic nitrogens is 1. The molecule has 9 nitrogen and oxygen atoms in total. The predicted molar refractivity (Wildman–Crippen MR) is 154 cm³/mol. The third kappa shape index (κ3) is 5.35. The number of aliphatic hydroxyl groups is 1. The van der Waals surface area contributed by atoms with E-state index in [4.69, 9.17) is 21.1 Å². The number of aliphatic hydroxyl groups excluding tert-OH is 1. The normalized spacial score (nSPS) is 20.9. The molecule has 2 aliphatic heterocycles. The number of halogens is 2.